The van der Waals surface area contributed by atoms with E-state index in [0.717, 1.165) is 5.75 Å². The monoisotopic (exact) mass is 440 g/mol. The standard InChI is InChI=1S/C17H20N4O4S3/c1-2-21(7-11-8-24-12-5-3-4-6-13(12)25-11)15(23)10-27-17-20-19-16(28-17)26-9-14(18)22/h3-6,11H,2,7-10H2,1H3,(H2,18,22). The summed E-state index contributed by atoms with van der Waals surface area (Å²) in [7, 11) is 0. The summed E-state index contributed by atoms with van der Waals surface area (Å²) in [5, 5.41) is 8.02. The van der Waals surface area contributed by atoms with Crippen LogP contribution in [0.25, 0.3) is 0 Å². The molecule has 8 nitrogen and oxygen atoms in total. The van der Waals surface area contributed by atoms with Gasteiger partial charge in [0.2, 0.25) is 11.8 Å². The Labute approximate surface area is 175 Å². The minimum atomic E-state index is -0.403. The summed E-state index contributed by atoms with van der Waals surface area (Å²) in [5.74, 6) is 1.44. The zero-order chi connectivity index (χ0) is 19.9. The lowest BCUT2D eigenvalue weighted by atomic mass is 10.2. The fourth-order valence-corrected chi connectivity index (χ4v) is 5.13. The van der Waals surface area contributed by atoms with Crippen molar-refractivity contribution >= 4 is 46.7 Å². The van der Waals surface area contributed by atoms with Gasteiger partial charge in [-0.25, -0.2) is 0 Å². The van der Waals surface area contributed by atoms with Gasteiger partial charge in [-0.15, -0.1) is 10.2 Å². The lowest BCUT2D eigenvalue weighted by Crippen LogP contribution is -2.44. The second kappa shape index (κ2) is 9.99. The van der Waals surface area contributed by atoms with Crippen LogP contribution in [0.4, 0.5) is 0 Å². The van der Waals surface area contributed by atoms with Gasteiger partial charge >= 0.3 is 0 Å². The molecule has 0 saturated carbocycles. The maximum Gasteiger partial charge on any atom is 0.233 e. The zero-order valence-corrected chi connectivity index (χ0v) is 17.6. The summed E-state index contributed by atoms with van der Waals surface area (Å²) < 4.78 is 13.0. The first-order valence-electron chi connectivity index (χ1n) is 8.58. The van der Waals surface area contributed by atoms with E-state index in [1.165, 1.54) is 34.9 Å². The highest BCUT2D eigenvalue weighted by molar-refractivity contribution is 8.03. The molecule has 2 heterocycles. The van der Waals surface area contributed by atoms with Crippen molar-refractivity contribution < 1.29 is 19.1 Å². The van der Waals surface area contributed by atoms with Crippen LogP contribution in [0.15, 0.2) is 32.9 Å². The number of aromatic nitrogens is 2. The molecular formula is C17H20N4O4S3. The molecule has 2 N–H and O–H groups in total. The van der Waals surface area contributed by atoms with Gasteiger partial charge in [0, 0.05) is 6.54 Å². The number of carbonyl (C=O) groups is 2. The average molecular weight is 441 g/mol. The minimum Gasteiger partial charge on any atom is -0.486 e. The quantitative estimate of drug-likeness (QED) is 0.589. The van der Waals surface area contributed by atoms with E-state index in [9.17, 15) is 9.59 Å². The molecule has 0 spiro atoms. The van der Waals surface area contributed by atoms with Crippen LogP contribution in [0, 0.1) is 0 Å². The Balaban J connectivity index is 1.48. The van der Waals surface area contributed by atoms with Crippen molar-refractivity contribution in [1.82, 2.24) is 15.1 Å². The van der Waals surface area contributed by atoms with Crippen LogP contribution in [-0.2, 0) is 9.59 Å². The molecule has 1 aromatic carbocycles. The van der Waals surface area contributed by atoms with Crippen molar-refractivity contribution in [3.63, 3.8) is 0 Å². The highest BCUT2D eigenvalue weighted by Gasteiger charge is 2.25. The Kier molecular flexibility index (Phi) is 7.40. The SMILES string of the molecule is CCN(CC1COc2ccccc2O1)C(=O)CSc1nnc(SCC(N)=O)s1. The van der Waals surface area contributed by atoms with Crippen LogP contribution in [0.2, 0.25) is 0 Å². The Hall–Kier alpha value is -1.98. The van der Waals surface area contributed by atoms with E-state index in [-0.39, 0.29) is 23.5 Å². The first-order chi connectivity index (χ1) is 13.5. The highest BCUT2D eigenvalue weighted by atomic mass is 32.2. The molecule has 0 saturated heterocycles. The second-order valence-electron chi connectivity index (χ2n) is 5.81. The number of amides is 2. The lowest BCUT2D eigenvalue weighted by Gasteiger charge is -2.30. The van der Waals surface area contributed by atoms with Crippen molar-refractivity contribution in [3.05, 3.63) is 24.3 Å². The number of nitrogens with zero attached hydrogens (tertiary/aromatic N) is 3. The maximum absolute atomic E-state index is 12.6. The molecular weight excluding hydrogens is 420 g/mol. The molecule has 1 atom stereocenters. The Bertz CT molecular complexity index is 832. The van der Waals surface area contributed by atoms with E-state index in [0.29, 0.717) is 34.1 Å². The second-order valence-corrected chi connectivity index (χ2v) is 9.23. The van der Waals surface area contributed by atoms with E-state index in [4.69, 9.17) is 15.2 Å². The third-order valence-electron chi connectivity index (χ3n) is 3.77. The van der Waals surface area contributed by atoms with Crippen molar-refractivity contribution in [2.24, 2.45) is 5.73 Å². The molecule has 1 unspecified atom stereocenters. The normalized spacial score (nSPS) is 15.2. The third-order valence-corrected chi connectivity index (χ3v) is 6.97. The summed E-state index contributed by atoms with van der Waals surface area (Å²) in [4.78, 5) is 25.2. The molecule has 1 aliphatic heterocycles. The molecule has 0 radical (unpaired) electrons. The lowest BCUT2D eigenvalue weighted by molar-refractivity contribution is -0.129. The number of rotatable bonds is 9. The average Bonchev–Trinajstić information content (AvgIpc) is 3.16. The van der Waals surface area contributed by atoms with Gasteiger partial charge in [0.05, 0.1) is 18.1 Å². The number of nitrogens with two attached hydrogens (primary N) is 1. The maximum atomic E-state index is 12.6. The number of hydrogen-bond donors (Lipinski definition) is 1. The van der Waals surface area contributed by atoms with Crippen LogP contribution in [0.3, 0.4) is 0 Å². The molecule has 28 heavy (non-hydrogen) atoms. The zero-order valence-electron chi connectivity index (χ0n) is 15.2. The van der Waals surface area contributed by atoms with E-state index in [1.807, 2.05) is 31.2 Å². The van der Waals surface area contributed by atoms with Gasteiger partial charge in [-0.2, -0.15) is 0 Å². The van der Waals surface area contributed by atoms with Crippen molar-refractivity contribution in [3.8, 4) is 11.5 Å². The van der Waals surface area contributed by atoms with Gasteiger partial charge in [0.25, 0.3) is 0 Å². The number of hydrogen-bond acceptors (Lipinski definition) is 9. The van der Waals surface area contributed by atoms with E-state index >= 15 is 0 Å². The van der Waals surface area contributed by atoms with Gasteiger partial charge in [-0.05, 0) is 19.1 Å². The number of thioether (sulfide) groups is 2. The number of likely N-dealkylation sites (N-methyl/N-ethyl adjacent to an activating group) is 1. The largest absolute Gasteiger partial charge is 0.486 e. The molecule has 2 aromatic rings. The van der Waals surface area contributed by atoms with Crippen LogP contribution >= 0.6 is 34.9 Å². The topological polar surface area (TPSA) is 108 Å². The molecule has 2 amide bonds. The summed E-state index contributed by atoms with van der Waals surface area (Å²) in [5.41, 5.74) is 5.12. The van der Waals surface area contributed by atoms with Gasteiger partial charge in [0.15, 0.2) is 26.3 Å². The van der Waals surface area contributed by atoms with Gasteiger partial charge in [0.1, 0.15) is 6.61 Å². The molecule has 11 heteroatoms. The fourth-order valence-electron chi connectivity index (χ4n) is 2.47. The van der Waals surface area contributed by atoms with E-state index in [1.54, 1.807) is 4.90 Å². The third kappa shape index (κ3) is 5.76. The number of carbonyl (C=O) groups excluding carboxylic acids is 2. The molecule has 3 rings (SSSR count). The number of para-hydroxylation sites is 2. The molecule has 0 fully saturated rings. The number of primary amides is 1. The molecule has 1 aromatic heterocycles. The Morgan fingerprint density at radius 1 is 1.21 bits per heavy atom. The molecule has 1 aliphatic rings. The summed E-state index contributed by atoms with van der Waals surface area (Å²) in [6, 6.07) is 7.51. The van der Waals surface area contributed by atoms with Gasteiger partial charge < -0.3 is 20.1 Å². The van der Waals surface area contributed by atoms with Crippen molar-refractivity contribution in [2.75, 3.05) is 31.2 Å². The van der Waals surface area contributed by atoms with Crippen LogP contribution in [0.5, 0.6) is 11.5 Å². The predicted octanol–water partition coefficient (Wildman–Crippen LogP) is 1.90. The molecule has 150 valence electrons. The first kappa shape index (κ1) is 20.7. The minimum absolute atomic E-state index is 0.00324. The van der Waals surface area contributed by atoms with Crippen molar-refractivity contribution in [1.29, 1.82) is 0 Å². The van der Waals surface area contributed by atoms with Crippen LogP contribution < -0.4 is 15.2 Å². The summed E-state index contributed by atoms with van der Waals surface area (Å²) in [6.45, 7) is 3.38. The van der Waals surface area contributed by atoms with E-state index < -0.39 is 5.91 Å². The van der Waals surface area contributed by atoms with Crippen molar-refractivity contribution in [2.45, 2.75) is 21.7 Å². The Morgan fingerprint density at radius 3 is 2.57 bits per heavy atom. The molecule has 0 bridgehead atoms. The number of ether oxygens (including phenoxy) is 2. The summed E-state index contributed by atoms with van der Waals surface area (Å²) in [6.07, 6.45) is -0.206. The van der Waals surface area contributed by atoms with E-state index in [2.05, 4.69) is 10.2 Å². The van der Waals surface area contributed by atoms with Crippen LogP contribution in [-0.4, -0.2) is 64.2 Å². The smallest absolute Gasteiger partial charge is 0.233 e. The van der Waals surface area contributed by atoms with Gasteiger partial charge in [-0.1, -0.05) is 47.0 Å². The highest BCUT2D eigenvalue weighted by Crippen LogP contribution is 2.31. The summed E-state index contributed by atoms with van der Waals surface area (Å²) >= 11 is 3.92. The Morgan fingerprint density at radius 2 is 1.89 bits per heavy atom. The van der Waals surface area contributed by atoms with Gasteiger partial charge in [-0.3, -0.25) is 9.59 Å². The molecule has 0 aliphatic carbocycles. The number of benzene rings is 1. The predicted molar refractivity (Wildman–Crippen MR) is 109 cm³/mol. The fraction of sp³-hybridized carbons (Fsp3) is 0.412. The van der Waals surface area contributed by atoms with Crippen LogP contribution in [0.1, 0.15) is 6.92 Å². The first-order valence-corrected chi connectivity index (χ1v) is 11.4. The number of fused-ring (bicyclic) bond motifs is 1.